The lowest BCUT2D eigenvalue weighted by Gasteiger charge is -2.26. The highest BCUT2D eigenvalue weighted by Gasteiger charge is 2.23. The zero-order chi connectivity index (χ0) is 21.9. The summed E-state index contributed by atoms with van der Waals surface area (Å²) in [4.78, 5) is 30.9. The summed E-state index contributed by atoms with van der Waals surface area (Å²) in [5.74, 6) is 0.846. The highest BCUT2D eigenvalue weighted by Crippen LogP contribution is 2.32. The van der Waals surface area contributed by atoms with Crippen LogP contribution in [0.2, 0.25) is 0 Å². The quantitative estimate of drug-likeness (QED) is 0.424. The van der Waals surface area contributed by atoms with Crippen LogP contribution in [0.5, 0.6) is 0 Å². The van der Waals surface area contributed by atoms with Crippen molar-refractivity contribution in [3.05, 3.63) is 46.9 Å². The lowest BCUT2D eigenvalue weighted by molar-refractivity contribution is -0.113. The first kappa shape index (κ1) is 21.2. The minimum absolute atomic E-state index is 0.00437. The van der Waals surface area contributed by atoms with Crippen LogP contribution in [0.4, 0.5) is 5.82 Å². The molecule has 0 radical (unpaired) electrons. The summed E-state index contributed by atoms with van der Waals surface area (Å²) in [5, 5.41) is 8.73. The van der Waals surface area contributed by atoms with Crippen LogP contribution in [0.3, 0.4) is 0 Å². The molecule has 0 saturated heterocycles. The van der Waals surface area contributed by atoms with Gasteiger partial charge in [-0.15, -0.1) is 0 Å². The Bertz CT molecular complexity index is 1160. The average molecular weight is 452 g/mol. The van der Waals surface area contributed by atoms with Gasteiger partial charge in [0.1, 0.15) is 5.82 Å². The number of rotatable bonds is 6. The number of carbonyl (C=O) groups excluding carboxylic acids is 1. The summed E-state index contributed by atoms with van der Waals surface area (Å²) in [6.45, 7) is 0. The van der Waals surface area contributed by atoms with Crippen molar-refractivity contribution in [2.75, 3.05) is 11.1 Å². The van der Waals surface area contributed by atoms with Gasteiger partial charge in [0.2, 0.25) is 5.91 Å². The van der Waals surface area contributed by atoms with Gasteiger partial charge >= 0.3 is 0 Å². The summed E-state index contributed by atoms with van der Waals surface area (Å²) in [5.41, 5.74) is 0.691. The van der Waals surface area contributed by atoms with Gasteiger partial charge in [-0.2, -0.15) is 5.10 Å². The highest BCUT2D eigenvalue weighted by atomic mass is 32.2. The van der Waals surface area contributed by atoms with E-state index in [1.54, 1.807) is 6.20 Å². The molecule has 32 heavy (non-hydrogen) atoms. The van der Waals surface area contributed by atoms with Crippen LogP contribution in [0.1, 0.15) is 69.9 Å². The Balaban J connectivity index is 1.36. The third-order valence-electron chi connectivity index (χ3n) is 6.66. The van der Waals surface area contributed by atoms with Gasteiger partial charge in [0.15, 0.2) is 5.16 Å². The third-order valence-corrected chi connectivity index (χ3v) is 7.61. The summed E-state index contributed by atoms with van der Waals surface area (Å²) < 4.78 is 3.80. The Hall–Kier alpha value is -2.61. The second-order valence-corrected chi connectivity index (χ2v) is 9.76. The summed E-state index contributed by atoms with van der Waals surface area (Å²) in [6.07, 6.45) is 11.8. The normalized spacial score (nSPS) is 17.8. The van der Waals surface area contributed by atoms with Gasteiger partial charge in [-0.1, -0.05) is 56.0 Å². The number of carbonyl (C=O) groups is 1. The molecule has 7 nitrogen and oxygen atoms in total. The molecule has 1 aromatic carbocycles. The maximum Gasteiger partial charge on any atom is 0.262 e. The van der Waals surface area contributed by atoms with E-state index < -0.39 is 0 Å². The lowest BCUT2D eigenvalue weighted by atomic mass is 9.95. The van der Waals surface area contributed by atoms with Crippen LogP contribution in [0, 0.1) is 0 Å². The Morgan fingerprint density at radius 1 is 1.00 bits per heavy atom. The topological polar surface area (TPSA) is 81.8 Å². The molecule has 0 atom stereocenters. The standard InChI is InChI=1S/C24H29N5O2S/c30-22(27-21-14-15-25-29(21)18-10-4-5-11-18)16-32-24-26-20-13-7-6-12-19(20)23(31)28(24)17-8-2-1-3-9-17/h6-7,12-15,17-18H,1-5,8-11,16H2,(H,27,30). The molecule has 2 fully saturated rings. The van der Waals surface area contributed by atoms with Crippen molar-refractivity contribution in [1.82, 2.24) is 19.3 Å². The van der Waals surface area contributed by atoms with E-state index in [1.807, 2.05) is 39.6 Å². The first-order chi connectivity index (χ1) is 15.7. The number of benzene rings is 1. The van der Waals surface area contributed by atoms with Crippen LogP contribution >= 0.6 is 11.8 Å². The van der Waals surface area contributed by atoms with Crippen LogP contribution in [-0.2, 0) is 4.79 Å². The van der Waals surface area contributed by atoms with E-state index >= 15 is 0 Å². The van der Waals surface area contributed by atoms with Crippen LogP contribution in [0.15, 0.2) is 46.5 Å². The molecule has 8 heteroatoms. The van der Waals surface area contributed by atoms with Gasteiger partial charge < -0.3 is 5.32 Å². The van der Waals surface area contributed by atoms with Crippen molar-refractivity contribution in [3.63, 3.8) is 0 Å². The van der Waals surface area contributed by atoms with E-state index in [0.29, 0.717) is 22.1 Å². The molecular formula is C24H29N5O2S. The van der Waals surface area contributed by atoms with E-state index in [2.05, 4.69) is 10.4 Å². The van der Waals surface area contributed by atoms with E-state index in [4.69, 9.17) is 4.98 Å². The molecule has 2 aliphatic rings. The van der Waals surface area contributed by atoms with Gasteiger partial charge in [0.25, 0.3) is 5.56 Å². The van der Waals surface area contributed by atoms with Crippen molar-refractivity contribution < 1.29 is 4.79 Å². The molecule has 0 bridgehead atoms. The van der Waals surface area contributed by atoms with Gasteiger partial charge in [-0.05, 0) is 37.8 Å². The second kappa shape index (κ2) is 9.48. The number of anilines is 1. The Morgan fingerprint density at radius 2 is 1.72 bits per heavy atom. The third kappa shape index (κ3) is 4.33. The molecular weight excluding hydrogens is 422 g/mol. The smallest absolute Gasteiger partial charge is 0.262 e. The molecule has 3 aromatic rings. The van der Waals surface area contributed by atoms with Crippen molar-refractivity contribution in [3.8, 4) is 0 Å². The molecule has 2 aliphatic carbocycles. The summed E-state index contributed by atoms with van der Waals surface area (Å²) >= 11 is 1.35. The van der Waals surface area contributed by atoms with Gasteiger partial charge in [-0.3, -0.25) is 14.2 Å². The molecule has 2 aromatic heterocycles. The summed E-state index contributed by atoms with van der Waals surface area (Å²) in [6, 6.07) is 9.86. The monoisotopic (exact) mass is 451 g/mol. The Labute approximate surface area is 191 Å². The van der Waals surface area contributed by atoms with E-state index in [0.717, 1.165) is 44.3 Å². The van der Waals surface area contributed by atoms with Crippen molar-refractivity contribution >= 4 is 34.4 Å². The second-order valence-electron chi connectivity index (χ2n) is 8.81. The molecule has 2 heterocycles. The fourth-order valence-electron chi connectivity index (χ4n) is 5.05. The number of amides is 1. The maximum atomic E-state index is 13.3. The van der Waals surface area contributed by atoms with Crippen molar-refractivity contribution in [1.29, 1.82) is 0 Å². The molecule has 0 aliphatic heterocycles. The Morgan fingerprint density at radius 3 is 2.53 bits per heavy atom. The molecule has 5 rings (SSSR count). The predicted molar refractivity (Wildman–Crippen MR) is 127 cm³/mol. The van der Waals surface area contributed by atoms with Gasteiger partial charge in [-0.25, -0.2) is 9.67 Å². The molecule has 0 spiro atoms. The number of hydrogen-bond donors (Lipinski definition) is 1. The first-order valence-corrected chi connectivity index (χ1v) is 12.7. The minimum atomic E-state index is -0.104. The molecule has 1 amide bonds. The van der Waals surface area contributed by atoms with Crippen LogP contribution < -0.4 is 10.9 Å². The molecule has 0 unspecified atom stereocenters. The highest BCUT2D eigenvalue weighted by molar-refractivity contribution is 7.99. The number of aromatic nitrogens is 4. The number of nitrogens with one attached hydrogen (secondary N) is 1. The van der Waals surface area contributed by atoms with Crippen LogP contribution in [-0.4, -0.2) is 31.0 Å². The lowest BCUT2D eigenvalue weighted by Crippen LogP contribution is -2.29. The number of thioether (sulfide) groups is 1. The predicted octanol–water partition coefficient (Wildman–Crippen LogP) is 4.94. The van der Waals surface area contributed by atoms with E-state index in [-0.39, 0.29) is 23.3 Å². The van der Waals surface area contributed by atoms with Crippen molar-refractivity contribution in [2.24, 2.45) is 0 Å². The van der Waals surface area contributed by atoms with Crippen LogP contribution in [0.25, 0.3) is 10.9 Å². The fraction of sp³-hybridized carbons (Fsp3) is 0.500. The van der Waals surface area contributed by atoms with E-state index in [1.165, 1.54) is 31.0 Å². The number of fused-ring (bicyclic) bond motifs is 1. The fourth-order valence-corrected chi connectivity index (χ4v) is 5.92. The SMILES string of the molecule is O=C(CSc1nc2ccccc2c(=O)n1C1CCCCC1)Nc1ccnn1C1CCCC1. The Kier molecular flexibility index (Phi) is 6.30. The first-order valence-electron chi connectivity index (χ1n) is 11.7. The molecule has 168 valence electrons. The van der Waals surface area contributed by atoms with Crippen molar-refractivity contribution in [2.45, 2.75) is 75.0 Å². The average Bonchev–Trinajstić information content (AvgIpc) is 3.50. The minimum Gasteiger partial charge on any atom is -0.310 e. The summed E-state index contributed by atoms with van der Waals surface area (Å²) in [7, 11) is 0. The number of hydrogen-bond acceptors (Lipinski definition) is 5. The zero-order valence-electron chi connectivity index (χ0n) is 18.2. The largest absolute Gasteiger partial charge is 0.310 e. The maximum absolute atomic E-state index is 13.3. The van der Waals surface area contributed by atoms with E-state index in [9.17, 15) is 9.59 Å². The molecule has 1 N–H and O–H groups in total. The zero-order valence-corrected chi connectivity index (χ0v) is 19.0. The van der Waals surface area contributed by atoms with Gasteiger partial charge in [0.05, 0.1) is 28.9 Å². The number of para-hydroxylation sites is 1. The van der Waals surface area contributed by atoms with Gasteiger partial charge in [0, 0.05) is 12.1 Å². The molecule has 2 saturated carbocycles. The number of nitrogens with zero attached hydrogens (tertiary/aromatic N) is 4.